The topological polar surface area (TPSA) is 98.9 Å². The van der Waals surface area contributed by atoms with Gasteiger partial charge in [0.2, 0.25) is 5.75 Å². The van der Waals surface area contributed by atoms with Gasteiger partial charge in [0, 0.05) is 24.0 Å². The quantitative estimate of drug-likeness (QED) is 0.494. The second kappa shape index (κ2) is 10.2. The van der Waals surface area contributed by atoms with Crippen molar-refractivity contribution in [2.45, 2.75) is 25.9 Å². The number of aromatic amines is 1. The van der Waals surface area contributed by atoms with E-state index in [0.717, 1.165) is 22.0 Å². The van der Waals surface area contributed by atoms with Crippen LogP contribution >= 0.6 is 0 Å². The Morgan fingerprint density at radius 1 is 1.00 bits per heavy atom. The maximum Gasteiger partial charge on any atom is 0.323 e. The lowest BCUT2D eigenvalue weighted by atomic mass is 10.0. The summed E-state index contributed by atoms with van der Waals surface area (Å²) in [5, 5.41) is 4.09. The summed E-state index contributed by atoms with van der Waals surface area (Å²) in [7, 11) is 5.94. The Labute approximate surface area is 186 Å². The molecule has 1 aromatic heterocycles. The fraction of sp³-hybridized carbons (Fsp3) is 0.333. The van der Waals surface area contributed by atoms with Gasteiger partial charge in [-0.1, -0.05) is 11.6 Å². The molecule has 8 heteroatoms. The first-order chi connectivity index (χ1) is 15.4. The summed E-state index contributed by atoms with van der Waals surface area (Å²) >= 11 is 0. The fourth-order valence-corrected chi connectivity index (χ4v) is 3.60. The van der Waals surface area contributed by atoms with Crippen molar-refractivity contribution in [3.8, 4) is 17.2 Å². The summed E-state index contributed by atoms with van der Waals surface area (Å²) in [5.74, 6) is 1.06. The SMILES string of the molecule is COC(=O)[C@H](Cc1cc2cc(C)ccc2[nH]c1=O)NCc1cc(OC)c(OC)c(OC)c1. The number of fused-ring (bicyclic) bond motifs is 1. The van der Waals surface area contributed by atoms with E-state index in [1.54, 1.807) is 26.4 Å². The van der Waals surface area contributed by atoms with Gasteiger partial charge < -0.3 is 29.2 Å². The summed E-state index contributed by atoms with van der Waals surface area (Å²) < 4.78 is 21.1. The monoisotopic (exact) mass is 440 g/mol. The highest BCUT2D eigenvalue weighted by Gasteiger charge is 2.22. The minimum atomic E-state index is -0.720. The van der Waals surface area contributed by atoms with Crippen LogP contribution in [0.15, 0.2) is 41.2 Å². The Morgan fingerprint density at radius 3 is 2.28 bits per heavy atom. The smallest absolute Gasteiger partial charge is 0.323 e. The van der Waals surface area contributed by atoms with E-state index in [4.69, 9.17) is 18.9 Å². The molecular formula is C24H28N2O6. The molecule has 0 saturated heterocycles. The number of H-pyrrole nitrogens is 1. The summed E-state index contributed by atoms with van der Waals surface area (Å²) in [4.78, 5) is 27.9. The molecular weight excluding hydrogens is 412 g/mol. The molecule has 0 aliphatic rings. The zero-order valence-corrected chi connectivity index (χ0v) is 18.9. The number of pyridine rings is 1. The highest BCUT2D eigenvalue weighted by molar-refractivity contribution is 5.80. The molecule has 3 aromatic rings. The van der Waals surface area contributed by atoms with Gasteiger partial charge in [0.05, 0.1) is 28.4 Å². The minimum absolute atomic E-state index is 0.177. The lowest BCUT2D eigenvalue weighted by Gasteiger charge is -2.18. The number of esters is 1. The van der Waals surface area contributed by atoms with Gasteiger partial charge in [0.15, 0.2) is 11.5 Å². The van der Waals surface area contributed by atoms with Gasteiger partial charge in [0.25, 0.3) is 5.56 Å². The Hall–Kier alpha value is -3.52. The molecule has 0 radical (unpaired) electrons. The number of hydrogen-bond acceptors (Lipinski definition) is 7. The predicted molar refractivity (Wildman–Crippen MR) is 122 cm³/mol. The van der Waals surface area contributed by atoms with Gasteiger partial charge in [0.1, 0.15) is 6.04 Å². The van der Waals surface area contributed by atoms with Crippen LogP contribution in [-0.2, 0) is 22.5 Å². The Morgan fingerprint density at radius 2 is 1.69 bits per heavy atom. The van der Waals surface area contributed by atoms with E-state index >= 15 is 0 Å². The van der Waals surface area contributed by atoms with E-state index < -0.39 is 12.0 Å². The predicted octanol–water partition coefficient (Wildman–Crippen LogP) is 2.74. The van der Waals surface area contributed by atoms with Crippen molar-refractivity contribution in [3.05, 3.63) is 63.4 Å². The maximum absolute atomic E-state index is 12.6. The first kappa shape index (κ1) is 23.1. The lowest BCUT2D eigenvalue weighted by molar-refractivity contribution is -0.143. The Kier molecular flexibility index (Phi) is 7.37. The molecule has 0 aliphatic carbocycles. The van der Waals surface area contributed by atoms with Crippen molar-refractivity contribution < 1.29 is 23.7 Å². The van der Waals surface area contributed by atoms with E-state index in [1.807, 2.05) is 31.2 Å². The van der Waals surface area contributed by atoms with Gasteiger partial charge >= 0.3 is 5.97 Å². The molecule has 8 nitrogen and oxygen atoms in total. The molecule has 0 spiro atoms. The van der Waals surface area contributed by atoms with Gasteiger partial charge in [-0.05, 0) is 48.2 Å². The number of ether oxygens (including phenoxy) is 4. The first-order valence-corrected chi connectivity index (χ1v) is 10.1. The van der Waals surface area contributed by atoms with Crippen LogP contribution in [0.25, 0.3) is 10.9 Å². The van der Waals surface area contributed by atoms with Crippen molar-refractivity contribution >= 4 is 16.9 Å². The molecule has 0 saturated carbocycles. The number of aryl methyl sites for hydroxylation is 1. The third kappa shape index (κ3) is 5.03. The number of nitrogens with one attached hydrogen (secondary N) is 2. The maximum atomic E-state index is 12.6. The molecule has 1 heterocycles. The summed E-state index contributed by atoms with van der Waals surface area (Å²) in [6.07, 6.45) is 0.177. The van der Waals surface area contributed by atoms with E-state index in [9.17, 15) is 9.59 Å². The normalized spacial score (nSPS) is 11.8. The third-order valence-corrected chi connectivity index (χ3v) is 5.26. The first-order valence-electron chi connectivity index (χ1n) is 10.1. The molecule has 0 unspecified atom stereocenters. The number of benzene rings is 2. The molecule has 0 amide bonds. The highest BCUT2D eigenvalue weighted by atomic mass is 16.5. The van der Waals surface area contributed by atoms with Crippen LogP contribution in [0.3, 0.4) is 0 Å². The summed E-state index contributed by atoms with van der Waals surface area (Å²) in [6.45, 7) is 2.31. The van der Waals surface area contributed by atoms with Crippen molar-refractivity contribution in [2.75, 3.05) is 28.4 Å². The molecule has 32 heavy (non-hydrogen) atoms. The third-order valence-electron chi connectivity index (χ3n) is 5.26. The largest absolute Gasteiger partial charge is 0.493 e. The molecule has 2 N–H and O–H groups in total. The van der Waals surface area contributed by atoms with Gasteiger partial charge in [-0.15, -0.1) is 0 Å². The van der Waals surface area contributed by atoms with E-state index in [0.29, 0.717) is 29.4 Å². The molecule has 0 bridgehead atoms. The minimum Gasteiger partial charge on any atom is -0.493 e. The lowest BCUT2D eigenvalue weighted by Crippen LogP contribution is -2.40. The number of rotatable bonds is 9. The van der Waals surface area contributed by atoms with Crippen LogP contribution in [0.2, 0.25) is 0 Å². The van der Waals surface area contributed by atoms with Crippen LogP contribution < -0.4 is 25.1 Å². The second-order valence-electron chi connectivity index (χ2n) is 7.41. The average molecular weight is 440 g/mol. The molecule has 3 rings (SSSR count). The number of hydrogen-bond donors (Lipinski definition) is 2. The van der Waals surface area contributed by atoms with E-state index in [-0.39, 0.29) is 12.0 Å². The summed E-state index contributed by atoms with van der Waals surface area (Å²) in [5.41, 5.74) is 2.92. The van der Waals surface area contributed by atoms with Crippen molar-refractivity contribution in [1.29, 1.82) is 0 Å². The van der Waals surface area contributed by atoms with Crippen LogP contribution in [0.1, 0.15) is 16.7 Å². The zero-order chi connectivity index (χ0) is 23.3. The molecule has 0 fully saturated rings. The van der Waals surface area contributed by atoms with Crippen molar-refractivity contribution in [1.82, 2.24) is 10.3 Å². The molecule has 2 aromatic carbocycles. The highest BCUT2D eigenvalue weighted by Crippen LogP contribution is 2.38. The number of methoxy groups -OCH3 is 4. The average Bonchev–Trinajstić information content (AvgIpc) is 2.80. The van der Waals surface area contributed by atoms with Crippen LogP contribution in [-0.4, -0.2) is 45.4 Å². The van der Waals surface area contributed by atoms with Crippen LogP contribution in [0.5, 0.6) is 17.2 Å². The van der Waals surface area contributed by atoms with Gasteiger partial charge in [-0.25, -0.2) is 0 Å². The number of carbonyl (C=O) groups excluding carboxylic acids is 1. The van der Waals surface area contributed by atoms with Crippen LogP contribution in [0, 0.1) is 6.92 Å². The van der Waals surface area contributed by atoms with E-state index in [2.05, 4.69) is 10.3 Å². The zero-order valence-electron chi connectivity index (χ0n) is 18.9. The van der Waals surface area contributed by atoms with E-state index in [1.165, 1.54) is 14.2 Å². The Bertz CT molecular complexity index is 1150. The van der Waals surface area contributed by atoms with Gasteiger partial charge in [-0.3, -0.25) is 9.59 Å². The second-order valence-corrected chi connectivity index (χ2v) is 7.41. The standard InChI is InChI=1S/C24H28N2O6/c1-14-6-7-18-16(8-14)11-17(23(27)26-18)12-19(24(28)32-5)25-13-15-9-20(29-2)22(31-4)21(10-15)30-3/h6-11,19,25H,12-13H2,1-5H3,(H,26,27)/t19-/m0/s1. The summed E-state index contributed by atoms with van der Waals surface area (Å²) in [6, 6.07) is 10.5. The van der Waals surface area contributed by atoms with Crippen molar-refractivity contribution in [3.63, 3.8) is 0 Å². The van der Waals surface area contributed by atoms with Crippen molar-refractivity contribution in [2.24, 2.45) is 0 Å². The Balaban J connectivity index is 1.86. The molecule has 0 aliphatic heterocycles. The van der Waals surface area contributed by atoms with Gasteiger partial charge in [-0.2, -0.15) is 0 Å². The number of aromatic nitrogens is 1. The fourth-order valence-electron chi connectivity index (χ4n) is 3.60. The van der Waals surface area contributed by atoms with Crippen LogP contribution in [0.4, 0.5) is 0 Å². The number of carbonyl (C=O) groups is 1. The molecule has 1 atom stereocenters. The molecule has 170 valence electrons.